The van der Waals surface area contributed by atoms with Gasteiger partial charge in [0, 0.05) is 17.3 Å². The number of hydrogen-bond donors (Lipinski definition) is 2. The molecule has 4 rings (SSSR count). The minimum Gasteiger partial charge on any atom is -0.267 e. The lowest BCUT2D eigenvalue weighted by molar-refractivity contribution is 0.0847. The number of nitrogens with zero attached hydrogens (tertiary/aromatic N) is 2. The van der Waals surface area contributed by atoms with E-state index in [1.54, 1.807) is 10.9 Å². The number of halogens is 1. The number of hydrazine groups is 1. The van der Waals surface area contributed by atoms with E-state index < -0.39 is 17.6 Å². The molecule has 0 spiro atoms. The van der Waals surface area contributed by atoms with E-state index in [2.05, 4.69) is 16.0 Å². The second kappa shape index (κ2) is 8.40. The summed E-state index contributed by atoms with van der Waals surface area (Å²) in [5.41, 5.74) is 7.31. The summed E-state index contributed by atoms with van der Waals surface area (Å²) in [6.07, 6.45) is 1.61. The van der Waals surface area contributed by atoms with E-state index in [1.165, 1.54) is 24.3 Å². The predicted octanol–water partition coefficient (Wildman–Crippen LogP) is 3.75. The number of para-hydroxylation sites is 1. The number of benzene rings is 3. The van der Waals surface area contributed by atoms with Gasteiger partial charge in [-0.2, -0.15) is 5.10 Å². The largest absolute Gasteiger partial charge is 0.273 e. The number of nitrogens with one attached hydrogen (secondary N) is 2. The van der Waals surface area contributed by atoms with Gasteiger partial charge in [0.2, 0.25) is 0 Å². The van der Waals surface area contributed by atoms with E-state index in [0.717, 1.165) is 11.3 Å². The number of hydrogen-bond acceptors (Lipinski definition) is 3. The lowest BCUT2D eigenvalue weighted by Gasteiger charge is -2.07. The second-order valence-corrected chi connectivity index (χ2v) is 6.45. The molecule has 6 nitrogen and oxygen atoms in total. The van der Waals surface area contributed by atoms with Crippen molar-refractivity contribution in [2.24, 2.45) is 0 Å². The Morgan fingerprint density at radius 2 is 1.37 bits per heavy atom. The average molecular weight is 400 g/mol. The Kier molecular flexibility index (Phi) is 5.34. The molecule has 148 valence electrons. The third kappa shape index (κ3) is 4.10. The molecule has 0 radical (unpaired) electrons. The maximum Gasteiger partial charge on any atom is 0.273 e. The highest BCUT2D eigenvalue weighted by molar-refractivity contribution is 6.02. The van der Waals surface area contributed by atoms with E-state index in [0.29, 0.717) is 11.3 Å². The first kappa shape index (κ1) is 19.1. The van der Waals surface area contributed by atoms with E-state index >= 15 is 0 Å². The molecule has 0 aliphatic carbocycles. The van der Waals surface area contributed by atoms with Crippen LogP contribution in [0.2, 0.25) is 0 Å². The molecule has 7 heteroatoms. The number of amides is 2. The fourth-order valence-corrected chi connectivity index (χ4v) is 2.92. The Bertz CT molecular complexity index is 1170. The number of carbonyl (C=O) groups is 2. The SMILES string of the molecule is O=C(NNC(=O)c1cn(-c2ccccc2)nc1-c1ccccc1)c1ccc(F)cc1. The van der Waals surface area contributed by atoms with Crippen molar-refractivity contribution in [2.45, 2.75) is 0 Å². The van der Waals surface area contributed by atoms with Crippen molar-refractivity contribution in [3.8, 4) is 16.9 Å². The van der Waals surface area contributed by atoms with Gasteiger partial charge in [-0.25, -0.2) is 9.07 Å². The molecule has 1 heterocycles. The Hall–Kier alpha value is -4.26. The van der Waals surface area contributed by atoms with Crippen LogP contribution in [0.1, 0.15) is 20.7 Å². The van der Waals surface area contributed by atoms with Crippen LogP contribution in [0, 0.1) is 5.82 Å². The Morgan fingerprint density at radius 3 is 2.03 bits per heavy atom. The third-order valence-corrected chi connectivity index (χ3v) is 4.42. The molecule has 0 saturated carbocycles. The van der Waals surface area contributed by atoms with Crippen molar-refractivity contribution in [1.29, 1.82) is 0 Å². The quantitative estimate of drug-likeness (QED) is 0.512. The first-order valence-corrected chi connectivity index (χ1v) is 9.18. The summed E-state index contributed by atoms with van der Waals surface area (Å²) in [5.74, 6) is -1.53. The maximum atomic E-state index is 13.0. The summed E-state index contributed by atoms with van der Waals surface area (Å²) in [5, 5.41) is 4.57. The molecule has 30 heavy (non-hydrogen) atoms. The molecular formula is C23H17FN4O2. The Morgan fingerprint density at radius 1 is 0.767 bits per heavy atom. The highest BCUT2D eigenvalue weighted by atomic mass is 19.1. The van der Waals surface area contributed by atoms with Gasteiger partial charge in [0.05, 0.1) is 11.3 Å². The van der Waals surface area contributed by atoms with Crippen LogP contribution in [0.25, 0.3) is 16.9 Å². The molecule has 0 aliphatic heterocycles. The number of aromatic nitrogens is 2. The molecule has 0 atom stereocenters. The topological polar surface area (TPSA) is 76.0 Å². The van der Waals surface area contributed by atoms with Gasteiger partial charge >= 0.3 is 0 Å². The summed E-state index contributed by atoms with van der Waals surface area (Å²) in [6, 6.07) is 23.7. The van der Waals surface area contributed by atoms with Crippen molar-refractivity contribution in [1.82, 2.24) is 20.6 Å². The summed E-state index contributed by atoms with van der Waals surface area (Å²) >= 11 is 0. The zero-order valence-electron chi connectivity index (χ0n) is 15.7. The summed E-state index contributed by atoms with van der Waals surface area (Å²) in [4.78, 5) is 25.0. The lowest BCUT2D eigenvalue weighted by Crippen LogP contribution is -2.41. The van der Waals surface area contributed by atoms with Crippen molar-refractivity contribution < 1.29 is 14.0 Å². The van der Waals surface area contributed by atoms with Crippen LogP contribution in [-0.4, -0.2) is 21.6 Å². The normalized spacial score (nSPS) is 10.4. The van der Waals surface area contributed by atoms with Gasteiger partial charge in [0.15, 0.2) is 0 Å². The number of carbonyl (C=O) groups excluding carboxylic acids is 2. The van der Waals surface area contributed by atoms with Crippen LogP contribution in [-0.2, 0) is 0 Å². The molecule has 3 aromatic carbocycles. The molecule has 0 bridgehead atoms. The first-order valence-electron chi connectivity index (χ1n) is 9.18. The monoisotopic (exact) mass is 400 g/mol. The van der Waals surface area contributed by atoms with Crippen LogP contribution in [0.15, 0.2) is 91.1 Å². The molecule has 2 amide bonds. The molecule has 0 unspecified atom stereocenters. The van der Waals surface area contributed by atoms with E-state index in [9.17, 15) is 14.0 Å². The fourth-order valence-electron chi connectivity index (χ4n) is 2.92. The second-order valence-electron chi connectivity index (χ2n) is 6.45. The zero-order valence-corrected chi connectivity index (χ0v) is 15.7. The van der Waals surface area contributed by atoms with Crippen molar-refractivity contribution in [2.75, 3.05) is 0 Å². The molecule has 2 N–H and O–H groups in total. The van der Waals surface area contributed by atoms with Gasteiger partial charge < -0.3 is 0 Å². The smallest absolute Gasteiger partial charge is 0.267 e. The number of rotatable bonds is 4. The maximum absolute atomic E-state index is 13.0. The molecule has 0 aliphatic rings. The van der Waals surface area contributed by atoms with Gasteiger partial charge in [0.1, 0.15) is 11.5 Å². The molecule has 0 fully saturated rings. The van der Waals surface area contributed by atoms with Crippen LogP contribution >= 0.6 is 0 Å². The Labute approximate surface area is 171 Å². The Balaban J connectivity index is 1.60. The minimum atomic E-state index is -0.555. The predicted molar refractivity (Wildman–Crippen MR) is 110 cm³/mol. The van der Waals surface area contributed by atoms with E-state index in [-0.39, 0.29) is 5.56 Å². The highest BCUT2D eigenvalue weighted by Gasteiger charge is 2.19. The molecule has 1 aromatic heterocycles. The van der Waals surface area contributed by atoms with Crippen molar-refractivity contribution in [3.05, 3.63) is 108 Å². The van der Waals surface area contributed by atoms with Crippen LogP contribution in [0.4, 0.5) is 4.39 Å². The van der Waals surface area contributed by atoms with E-state index in [4.69, 9.17) is 0 Å². The summed E-state index contributed by atoms with van der Waals surface area (Å²) in [7, 11) is 0. The standard InChI is InChI=1S/C23H17FN4O2/c24-18-13-11-17(12-14-18)22(29)25-26-23(30)20-15-28(19-9-5-2-6-10-19)27-21(20)16-7-3-1-4-8-16/h1-15H,(H,25,29)(H,26,30). The third-order valence-electron chi connectivity index (χ3n) is 4.42. The zero-order chi connectivity index (χ0) is 20.9. The van der Waals surface area contributed by atoms with Crippen LogP contribution in [0.3, 0.4) is 0 Å². The van der Waals surface area contributed by atoms with Crippen molar-refractivity contribution >= 4 is 11.8 Å². The summed E-state index contributed by atoms with van der Waals surface area (Å²) in [6.45, 7) is 0. The van der Waals surface area contributed by atoms with Gasteiger partial charge in [-0.05, 0) is 36.4 Å². The van der Waals surface area contributed by atoms with Gasteiger partial charge in [0.25, 0.3) is 11.8 Å². The van der Waals surface area contributed by atoms with Gasteiger partial charge in [-0.15, -0.1) is 0 Å². The van der Waals surface area contributed by atoms with Crippen molar-refractivity contribution in [3.63, 3.8) is 0 Å². The first-order chi connectivity index (χ1) is 14.6. The fraction of sp³-hybridized carbons (Fsp3) is 0. The minimum absolute atomic E-state index is 0.222. The lowest BCUT2D eigenvalue weighted by atomic mass is 10.1. The highest BCUT2D eigenvalue weighted by Crippen LogP contribution is 2.23. The molecule has 4 aromatic rings. The van der Waals surface area contributed by atoms with Gasteiger partial charge in [-0.3, -0.25) is 20.4 Å². The van der Waals surface area contributed by atoms with E-state index in [1.807, 2.05) is 60.7 Å². The summed E-state index contributed by atoms with van der Waals surface area (Å²) < 4.78 is 14.6. The average Bonchev–Trinajstić information content (AvgIpc) is 3.25. The van der Waals surface area contributed by atoms with Gasteiger partial charge in [-0.1, -0.05) is 48.5 Å². The van der Waals surface area contributed by atoms with Crippen LogP contribution < -0.4 is 10.9 Å². The molecular weight excluding hydrogens is 383 g/mol. The molecule has 0 saturated heterocycles. The van der Waals surface area contributed by atoms with Crippen LogP contribution in [0.5, 0.6) is 0 Å².